The van der Waals surface area contributed by atoms with Gasteiger partial charge in [0.15, 0.2) is 0 Å². The van der Waals surface area contributed by atoms with E-state index in [9.17, 15) is 0 Å². The molecule has 2 rings (SSSR count). The maximum absolute atomic E-state index is 5.90. The van der Waals surface area contributed by atoms with E-state index in [1.54, 1.807) is 0 Å². The maximum atomic E-state index is 5.90. The van der Waals surface area contributed by atoms with E-state index in [0.717, 1.165) is 24.9 Å². The molecule has 0 saturated carbocycles. The summed E-state index contributed by atoms with van der Waals surface area (Å²) in [6, 6.07) is 9.71. The van der Waals surface area contributed by atoms with E-state index in [4.69, 9.17) is 17.3 Å². The summed E-state index contributed by atoms with van der Waals surface area (Å²) in [4.78, 5) is 1.10. The monoisotopic (exact) mass is 287 g/mol. The molecule has 4 heteroatoms. The Morgan fingerprint density at radius 3 is 2.57 bits per heavy atom. The maximum Gasteiger partial charge on any atom is 0.0934 e. The van der Waals surface area contributed by atoms with Gasteiger partial charge >= 0.3 is 0 Å². The molecule has 0 atom stereocenters. The quantitative estimate of drug-likeness (QED) is 0.773. The van der Waals surface area contributed by atoms with E-state index in [1.165, 1.54) is 11.3 Å². The van der Waals surface area contributed by atoms with Gasteiger partial charge < -0.3 is 5.73 Å². The number of halogens is 2. The molecule has 14 heavy (non-hydrogen) atoms. The lowest BCUT2D eigenvalue weighted by Crippen LogP contribution is -1.87. The predicted octanol–water partition coefficient (Wildman–Crippen LogP) is 4.41. The zero-order chi connectivity index (χ0) is 10.1. The zero-order valence-electron chi connectivity index (χ0n) is 7.13. The Kier molecular flexibility index (Phi) is 2.81. The molecule has 0 aliphatic heterocycles. The summed E-state index contributed by atoms with van der Waals surface area (Å²) in [6.45, 7) is 0. The van der Waals surface area contributed by atoms with E-state index in [2.05, 4.69) is 15.9 Å². The molecule has 2 aromatic rings. The number of hydrogen-bond donors (Lipinski definition) is 1. The molecule has 0 spiro atoms. The lowest BCUT2D eigenvalue weighted by Gasteiger charge is -2.02. The summed E-state index contributed by atoms with van der Waals surface area (Å²) in [5.74, 6) is 0. The van der Waals surface area contributed by atoms with Gasteiger partial charge in [0, 0.05) is 20.6 Å². The van der Waals surface area contributed by atoms with Gasteiger partial charge in [0.05, 0.1) is 4.34 Å². The van der Waals surface area contributed by atoms with E-state index in [0.29, 0.717) is 0 Å². The summed E-state index contributed by atoms with van der Waals surface area (Å²) in [7, 11) is 0. The lowest BCUT2D eigenvalue weighted by atomic mass is 10.1. The van der Waals surface area contributed by atoms with Gasteiger partial charge in [-0.05, 0) is 24.3 Å². The molecule has 1 aromatic heterocycles. The molecule has 0 amide bonds. The third kappa shape index (κ3) is 1.95. The molecule has 1 nitrogen and oxygen atoms in total. The fourth-order valence-electron chi connectivity index (χ4n) is 1.22. The van der Waals surface area contributed by atoms with Crippen molar-refractivity contribution in [3.05, 3.63) is 39.1 Å². The minimum atomic E-state index is 0.762. The van der Waals surface area contributed by atoms with Crippen LogP contribution in [0.15, 0.2) is 34.8 Å². The summed E-state index contributed by atoms with van der Waals surface area (Å²) in [5, 5.41) is 0. The second-order valence-corrected chi connectivity index (χ2v) is 5.47. The summed E-state index contributed by atoms with van der Waals surface area (Å²) in [6.07, 6.45) is 0. The molecule has 0 aliphatic rings. The lowest BCUT2D eigenvalue weighted by molar-refractivity contribution is 1.63. The summed E-state index contributed by atoms with van der Waals surface area (Å²) >= 11 is 10.8. The molecule has 1 heterocycles. The van der Waals surface area contributed by atoms with Crippen LogP contribution < -0.4 is 5.73 Å². The van der Waals surface area contributed by atoms with Crippen LogP contribution in [0.5, 0.6) is 0 Å². The van der Waals surface area contributed by atoms with Gasteiger partial charge in [0.25, 0.3) is 0 Å². The molecular formula is C10H7BrClNS. The van der Waals surface area contributed by atoms with Crippen molar-refractivity contribution in [2.75, 3.05) is 5.73 Å². The minimum Gasteiger partial charge on any atom is -0.398 e. The Bertz CT molecular complexity index is 467. The van der Waals surface area contributed by atoms with Crippen LogP contribution in [0.3, 0.4) is 0 Å². The van der Waals surface area contributed by atoms with Crippen molar-refractivity contribution in [2.45, 2.75) is 0 Å². The van der Waals surface area contributed by atoms with E-state index in [1.807, 2.05) is 30.3 Å². The van der Waals surface area contributed by atoms with Crippen LogP contribution >= 0.6 is 38.9 Å². The summed E-state index contributed by atoms with van der Waals surface area (Å²) < 4.78 is 1.77. The fourth-order valence-corrected chi connectivity index (χ4v) is 2.69. The van der Waals surface area contributed by atoms with Crippen molar-refractivity contribution in [1.29, 1.82) is 0 Å². The first-order valence-electron chi connectivity index (χ1n) is 3.97. The molecule has 0 fully saturated rings. The van der Waals surface area contributed by atoms with Crippen molar-refractivity contribution in [3.8, 4) is 10.4 Å². The van der Waals surface area contributed by atoms with Gasteiger partial charge in [-0.15, -0.1) is 11.3 Å². The Morgan fingerprint density at radius 2 is 2.00 bits per heavy atom. The standard InChI is InChI=1S/C10H7BrClNS/c11-6-1-2-7(8(13)5-6)9-3-4-10(12)14-9/h1-5H,13H2. The Labute approximate surface area is 99.6 Å². The van der Waals surface area contributed by atoms with Gasteiger partial charge in [0.1, 0.15) is 0 Å². The molecule has 0 bridgehead atoms. The number of thiophene rings is 1. The number of anilines is 1. The third-order valence-corrected chi connectivity index (χ3v) is 3.61. The molecule has 0 radical (unpaired) electrons. The number of hydrogen-bond acceptors (Lipinski definition) is 2. The van der Waals surface area contributed by atoms with Crippen LogP contribution in [0.4, 0.5) is 5.69 Å². The van der Waals surface area contributed by atoms with Gasteiger partial charge in [0.2, 0.25) is 0 Å². The van der Waals surface area contributed by atoms with Crippen LogP contribution in [0.25, 0.3) is 10.4 Å². The highest BCUT2D eigenvalue weighted by molar-refractivity contribution is 9.10. The molecule has 0 aliphatic carbocycles. The van der Waals surface area contributed by atoms with Crippen LogP contribution in [0, 0.1) is 0 Å². The average Bonchev–Trinajstić information content (AvgIpc) is 2.51. The highest BCUT2D eigenvalue weighted by atomic mass is 79.9. The Balaban J connectivity index is 2.52. The second kappa shape index (κ2) is 3.93. The third-order valence-electron chi connectivity index (χ3n) is 1.85. The normalized spacial score (nSPS) is 10.4. The predicted molar refractivity (Wildman–Crippen MR) is 66.9 cm³/mol. The van der Waals surface area contributed by atoms with Gasteiger partial charge in [-0.2, -0.15) is 0 Å². The fraction of sp³-hybridized carbons (Fsp3) is 0. The SMILES string of the molecule is Nc1cc(Br)ccc1-c1ccc(Cl)s1. The highest BCUT2D eigenvalue weighted by Crippen LogP contribution is 2.35. The largest absolute Gasteiger partial charge is 0.398 e. The number of benzene rings is 1. The second-order valence-electron chi connectivity index (χ2n) is 2.84. The van der Waals surface area contributed by atoms with Crippen LogP contribution in [0.1, 0.15) is 0 Å². The van der Waals surface area contributed by atoms with Crippen molar-refractivity contribution in [2.24, 2.45) is 0 Å². The van der Waals surface area contributed by atoms with Gasteiger partial charge in [-0.3, -0.25) is 0 Å². The Morgan fingerprint density at radius 1 is 1.21 bits per heavy atom. The molecule has 2 N–H and O–H groups in total. The van der Waals surface area contributed by atoms with Gasteiger partial charge in [-0.1, -0.05) is 33.6 Å². The van der Waals surface area contributed by atoms with Crippen molar-refractivity contribution in [1.82, 2.24) is 0 Å². The van der Waals surface area contributed by atoms with Crippen LogP contribution in [-0.4, -0.2) is 0 Å². The molecule has 0 unspecified atom stereocenters. The topological polar surface area (TPSA) is 26.0 Å². The highest BCUT2D eigenvalue weighted by Gasteiger charge is 2.05. The molecule has 72 valence electrons. The van der Waals surface area contributed by atoms with Crippen molar-refractivity contribution >= 4 is 44.6 Å². The molecular weight excluding hydrogens is 282 g/mol. The van der Waals surface area contributed by atoms with E-state index in [-0.39, 0.29) is 0 Å². The van der Waals surface area contributed by atoms with Gasteiger partial charge in [-0.25, -0.2) is 0 Å². The van der Waals surface area contributed by atoms with E-state index >= 15 is 0 Å². The van der Waals surface area contributed by atoms with Crippen LogP contribution in [-0.2, 0) is 0 Å². The summed E-state index contributed by atoms with van der Waals surface area (Å²) in [5.41, 5.74) is 7.69. The molecule has 0 saturated heterocycles. The average molecular weight is 289 g/mol. The van der Waals surface area contributed by atoms with Crippen molar-refractivity contribution < 1.29 is 0 Å². The minimum absolute atomic E-state index is 0.762. The number of rotatable bonds is 1. The zero-order valence-corrected chi connectivity index (χ0v) is 10.3. The first-order chi connectivity index (χ1) is 6.66. The Hall–Kier alpha value is -0.510. The first-order valence-corrected chi connectivity index (χ1v) is 5.96. The van der Waals surface area contributed by atoms with Crippen LogP contribution in [0.2, 0.25) is 4.34 Å². The van der Waals surface area contributed by atoms with E-state index < -0.39 is 0 Å². The smallest absolute Gasteiger partial charge is 0.0934 e. The molecule has 1 aromatic carbocycles. The number of nitrogen functional groups attached to an aromatic ring is 1. The van der Waals surface area contributed by atoms with Crippen molar-refractivity contribution in [3.63, 3.8) is 0 Å². The number of nitrogens with two attached hydrogens (primary N) is 1. The first kappa shape index (κ1) is 10.0.